The topological polar surface area (TPSA) is 87.5 Å². The average Bonchev–Trinajstić information content (AvgIpc) is 2.44. The highest BCUT2D eigenvalue weighted by atomic mass is 16.2. The third-order valence-electron chi connectivity index (χ3n) is 2.89. The molecule has 0 atom stereocenters. The Bertz CT molecular complexity index is 471. The van der Waals surface area contributed by atoms with Crippen molar-refractivity contribution in [1.29, 1.82) is 0 Å². The van der Waals surface area contributed by atoms with Crippen molar-refractivity contribution in [3.63, 3.8) is 0 Å². The van der Waals surface area contributed by atoms with Crippen molar-refractivity contribution < 1.29 is 9.59 Å². The first kappa shape index (κ1) is 17.0. The Balaban J connectivity index is 2.59. The number of rotatable bonds is 6. The van der Waals surface area contributed by atoms with Crippen LogP contribution in [-0.2, 0) is 11.3 Å². The molecule has 0 saturated heterocycles. The van der Waals surface area contributed by atoms with Crippen LogP contribution in [0.2, 0.25) is 0 Å². The molecule has 6 nitrogen and oxygen atoms in total. The molecule has 21 heavy (non-hydrogen) atoms. The minimum absolute atomic E-state index is 0.0431. The van der Waals surface area contributed by atoms with Crippen molar-refractivity contribution in [3.8, 4) is 0 Å². The van der Waals surface area contributed by atoms with E-state index in [4.69, 9.17) is 5.73 Å². The SMILES string of the molecule is CCN(CC(=O)NC(C)C)C(=O)Nc1ccc(CN)cc1. The van der Waals surface area contributed by atoms with Crippen molar-refractivity contribution in [1.82, 2.24) is 10.2 Å². The van der Waals surface area contributed by atoms with Gasteiger partial charge in [-0.3, -0.25) is 4.79 Å². The van der Waals surface area contributed by atoms with Crippen molar-refractivity contribution in [2.45, 2.75) is 33.4 Å². The number of benzene rings is 1. The maximum absolute atomic E-state index is 12.1. The van der Waals surface area contributed by atoms with E-state index in [0.29, 0.717) is 18.8 Å². The van der Waals surface area contributed by atoms with Crippen LogP contribution in [0.1, 0.15) is 26.3 Å². The fourth-order valence-corrected chi connectivity index (χ4v) is 1.79. The number of hydrogen-bond donors (Lipinski definition) is 3. The van der Waals surface area contributed by atoms with Crippen LogP contribution < -0.4 is 16.4 Å². The van der Waals surface area contributed by atoms with Crippen molar-refractivity contribution in [2.24, 2.45) is 5.73 Å². The number of likely N-dealkylation sites (N-methyl/N-ethyl adjacent to an activating group) is 1. The molecule has 4 N–H and O–H groups in total. The summed E-state index contributed by atoms with van der Waals surface area (Å²) < 4.78 is 0. The average molecular weight is 292 g/mol. The molecular weight excluding hydrogens is 268 g/mol. The molecule has 1 aromatic carbocycles. The highest BCUT2D eigenvalue weighted by Crippen LogP contribution is 2.10. The Kier molecular flexibility index (Phi) is 6.68. The quantitative estimate of drug-likeness (QED) is 0.743. The van der Waals surface area contributed by atoms with Gasteiger partial charge in [0.1, 0.15) is 6.54 Å². The van der Waals surface area contributed by atoms with Gasteiger partial charge in [-0.1, -0.05) is 12.1 Å². The van der Waals surface area contributed by atoms with Gasteiger partial charge in [0.25, 0.3) is 0 Å². The van der Waals surface area contributed by atoms with Gasteiger partial charge in [-0.05, 0) is 38.5 Å². The molecule has 0 heterocycles. The molecule has 1 rings (SSSR count). The molecule has 0 spiro atoms. The number of nitrogens with one attached hydrogen (secondary N) is 2. The van der Waals surface area contributed by atoms with Crippen LogP contribution in [0.25, 0.3) is 0 Å². The molecule has 0 radical (unpaired) electrons. The zero-order chi connectivity index (χ0) is 15.8. The molecule has 1 aromatic rings. The molecular formula is C15H24N4O2. The van der Waals surface area contributed by atoms with E-state index < -0.39 is 0 Å². The number of carbonyl (C=O) groups excluding carboxylic acids is 2. The molecule has 0 aliphatic heterocycles. The molecule has 0 saturated carbocycles. The van der Waals surface area contributed by atoms with Crippen LogP contribution >= 0.6 is 0 Å². The lowest BCUT2D eigenvalue weighted by molar-refractivity contribution is -0.122. The summed E-state index contributed by atoms with van der Waals surface area (Å²) in [7, 11) is 0. The number of urea groups is 1. The third-order valence-corrected chi connectivity index (χ3v) is 2.89. The Labute approximate surface area is 125 Å². The van der Waals surface area contributed by atoms with E-state index in [2.05, 4.69) is 10.6 Å². The summed E-state index contributed by atoms with van der Waals surface area (Å²) in [5.74, 6) is -0.166. The second-order valence-electron chi connectivity index (χ2n) is 5.07. The van der Waals surface area contributed by atoms with Gasteiger partial charge in [0, 0.05) is 24.8 Å². The molecule has 0 aromatic heterocycles. The van der Waals surface area contributed by atoms with E-state index in [1.165, 1.54) is 4.90 Å². The Hall–Kier alpha value is -2.08. The summed E-state index contributed by atoms with van der Waals surface area (Å²) in [6.07, 6.45) is 0. The third kappa shape index (κ3) is 5.83. The maximum atomic E-state index is 12.1. The molecule has 6 heteroatoms. The minimum Gasteiger partial charge on any atom is -0.352 e. The fourth-order valence-electron chi connectivity index (χ4n) is 1.79. The minimum atomic E-state index is -0.295. The Morgan fingerprint density at radius 2 is 1.86 bits per heavy atom. The van der Waals surface area contributed by atoms with E-state index >= 15 is 0 Å². The first-order valence-electron chi connectivity index (χ1n) is 7.10. The monoisotopic (exact) mass is 292 g/mol. The zero-order valence-electron chi connectivity index (χ0n) is 12.8. The zero-order valence-corrected chi connectivity index (χ0v) is 12.8. The lowest BCUT2D eigenvalue weighted by atomic mass is 10.2. The smallest absolute Gasteiger partial charge is 0.322 e. The fraction of sp³-hybridized carbons (Fsp3) is 0.467. The molecule has 3 amide bonds. The highest BCUT2D eigenvalue weighted by Gasteiger charge is 2.15. The summed E-state index contributed by atoms with van der Waals surface area (Å²) in [5, 5.41) is 5.54. The number of carbonyl (C=O) groups is 2. The van der Waals surface area contributed by atoms with E-state index in [9.17, 15) is 9.59 Å². The van der Waals surface area contributed by atoms with E-state index in [-0.39, 0.29) is 24.5 Å². The summed E-state index contributed by atoms with van der Waals surface area (Å²) in [5.41, 5.74) is 7.20. The van der Waals surface area contributed by atoms with Crippen LogP contribution in [0.4, 0.5) is 10.5 Å². The highest BCUT2D eigenvalue weighted by molar-refractivity contribution is 5.92. The van der Waals surface area contributed by atoms with Crippen LogP contribution in [0.15, 0.2) is 24.3 Å². The van der Waals surface area contributed by atoms with Crippen molar-refractivity contribution in [3.05, 3.63) is 29.8 Å². The first-order valence-corrected chi connectivity index (χ1v) is 7.10. The predicted molar refractivity (Wildman–Crippen MR) is 83.9 cm³/mol. The van der Waals surface area contributed by atoms with Crippen molar-refractivity contribution >= 4 is 17.6 Å². The first-order chi connectivity index (χ1) is 9.96. The predicted octanol–water partition coefficient (Wildman–Crippen LogP) is 1.52. The number of amides is 3. The van der Waals surface area contributed by atoms with E-state index in [1.807, 2.05) is 32.9 Å². The number of hydrogen-bond acceptors (Lipinski definition) is 3. The normalized spacial score (nSPS) is 10.3. The maximum Gasteiger partial charge on any atom is 0.322 e. The van der Waals surface area contributed by atoms with E-state index in [1.54, 1.807) is 12.1 Å². The summed E-state index contributed by atoms with van der Waals surface area (Å²) in [6, 6.07) is 7.07. The van der Waals surface area contributed by atoms with Crippen LogP contribution in [0, 0.1) is 0 Å². The van der Waals surface area contributed by atoms with E-state index in [0.717, 1.165) is 5.56 Å². The van der Waals surface area contributed by atoms with Gasteiger partial charge in [-0.2, -0.15) is 0 Å². The largest absolute Gasteiger partial charge is 0.352 e. The van der Waals surface area contributed by atoms with Gasteiger partial charge in [-0.25, -0.2) is 4.79 Å². The van der Waals surface area contributed by atoms with Crippen LogP contribution in [0.5, 0.6) is 0 Å². The molecule has 0 aliphatic carbocycles. The molecule has 0 unspecified atom stereocenters. The number of nitrogens with zero attached hydrogens (tertiary/aromatic N) is 1. The molecule has 116 valence electrons. The summed E-state index contributed by atoms with van der Waals surface area (Å²) in [6.45, 7) is 6.56. The standard InChI is InChI=1S/C15H24N4O2/c1-4-19(10-14(20)17-11(2)3)15(21)18-13-7-5-12(9-16)6-8-13/h5-8,11H,4,9-10,16H2,1-3H3,(H,17,20)(H,18,21). The van der Waals surface area contributed by atoms with Gasteiger partial charge in [-0.15, -0.1) is 0 Å². The second-order valence-corrected chi connectivity index (χ2v) is 5.07. The van der Waals surface area contributed by atoms with Gasteiger partial charge in [0.05, 0.1) is 0 Å². The Morgan fingerprint density at radius 1 is 1.24 bits per heavy atom. The second kappa shape index (κ2) is 8.26. The van der Waals surface area contributed by atoms with Gasteiger partial charge >= 0.3 is 6.03 Å². The number of nitrogens with two attached hydrogens (primary N) is 1. The molecule has 0 fully saturated rings. The van der Waals surface area contributed by atoms with Gasteiger partial charge in [0.15, 0.2) is 0 Å². The lowest BCUT2D eigenvalue weighted by Crippen LogP contribution is -2.44. The van der Waals surface area contributed by atoms with Gasteiger partial charge < -0.3 is 21.3 Å². The van der Waals surface area contributed by atoms with Crippen LogP contribution in [0.3, 0.4) is 0 Å². The Morgan fingerprint density at radius 3 is 2.33 bits per heavy atom. The molecule has 0 bridgehead atoms. The molecule has 0 aliphatic rings. The van der Waals surface area contributed by atoms with Gasteiger partial charge in [0.2, 0.25) is 5.91 Å². The summed E-state index contributed by atoms with van der Waals surface area (Å²) >= 11 is 0. The summed E-state index contributed by atoms with van der Waals surface area (Å²) in [4.78, 5) is 25.3. The van der Waals surface area contributed by atoms with Crippen molar-refractivity contribution in [2.75, 3.05) is 18.4 Å². The number of anilines is 1. The van der Waals surface area contributed by atoms with Crippen LogP contribution in [-0.4, -0.2) is 36.0 Å². The lowest BCUT2D eigenvalue weighted by Gasteiger charge is -2.21.